The Balaban J connectivity index is 2.24. The van der Waals surface area contributed by atoms with Gasteiger partial charge in [0.2, 0.25) is 0 Å². The average Bonchev–Trinajstić information content (AvgIpc) is 2.39. The minimum atomic E-state index is -0.481. The average molecular weight is 278 g/mol. The third-order valence-corrected chi connectivity index (χ3v) is 2.89. The van der Waals surface area contributed by atoms with Crippen molar-refractivity contribution in [2.24, 2.45) is 0 Å². The molecule has 6 heteroatoms. The molecule has 0 bridgehead atoms. The van der Waals surface area contributed by atoms with Crippen molar-refractivity contribution in [3.63, 3.8) is 0 Å². The standard InChI is InChI=1S/C13H12ClN3O2/c1-2-9-3-4-10(15-8-9)5-11-6-12(17(18)19)7-13(14)16-11/h3-4,6-8H,2,5H2,1H3. The molecule has 0 fully saturated rings. The summed E-state index contributed by atoms with van der Waals surface area (Å²) in [5.41, 5.74) is 2.44. The number of aryl methyl sites for hydroxylation is 1. The Morgan fingerprint density at radius 2 is 2.11 bits per heavy atom. The molecule has 0 aliphatic carbocycles. The van der Waals surface area contributed by atoms with Crippen LogP contribution in [0, 0.1) is 10.1 Å². The highest BCUT2D eigenvalue weighted by atomic mass is 35.5. The summed E-state index contributed by atoms with van der Waals surface area (Å²) in [6.45, 7) is 2.05. The summed E-state index contributed by atoms with van der Waals surface area (Å²) in [7, 11) is 0. The van der Waals surface area contributed by atoms with Crippen LogP contribution in [0.1, 0.15) is 23.9 Å². The lowest BCUT2D eigenvalue weighted by atomic mass is 10.1. The molecular formula is C13H12ClN3O2. The Kier molecular flexibility index (Phi) is 4.06. The van der Waals surface area contributed by atoms with E-state index in [1.165, 1.54) is 12.1 Å². The van der Waals surface area contributed by atoms with Gasteiger partial charge in [0.1, 0.15) is 5.15 Å². The SMILES string of the molecule is CCc1ccc(Cc2cc([N+](=O)[O-])cc(Cl)n2)nc1. The summed E-state index contributed by atoms with van der Waals surface area (Å²) in [6, 6.07) is 6.54. The molecule has 0 unspecified atom stereocenters. The van der Waals surface area contributed by atoms with Gasteiger partial charge in [0, 0.05) is 24.4 Å². The smallest absolute Gasteiger partial charge is 0.261 e. The van der Waals surface area contributed by atoms with Gasteiger partial charge in [-0.1, -0.05) is 24.6 Å². The maximum atomic E-state index is 10.7. The Labute approximate surface area is 115 Å². The van der Waals surface area contributed by atoms with E-state index in [-0.39, 0.29) is 10.8 Å². The Hall–Kier alpha value is -2.01. The number of pyridine rings is 2. The molecule has 0 spiro atoms. The van der Waals surface area contributed by atoms with Gasteiger partial charge >= 0.3 is 0 Å². The molecule has 5 nitrogen and oxygen atoms in total. The van der Waals surface area contributed by atoms with Gasteiger partial charge in [0.25, 0.3) is 5.69 Å². The van der Waals surface area contributed by atoms with Crippen LogP contribution in [0.25, 0.3) is 0 Å². The highest BCUT2D eigenvalue weighted by Crippen LogP contribution is 2.19. The predicted octanol–water partition coefficient (Wildman–Crippen LogP) is 3.19. The molecule has 0 aromatic carbocycles. The molecular weight excluding hydrogens is 266 g/mol. The van der Waals surface area contributed by atoms with E-state index in [0.29, 0.717) is 12.1 Å². The summed E-state index contributed by atoms with van der Waals surface area (Å²) < 4.78 is 0. The lowest BCUT2D eigenvalue weighted by Crippen LogP contribution is -1.98. The first-order chi connectivity index (χ1) is 9.08. The minimum Gasteiger partial charge on any atom is -0.261 e. The summed E-state index contributed by atoms with van der Waals surface area (Å²) >= 11 is 5.77. The molecule has 0 saturated carbocycles. The highest BCUT2D eigenvalue weighted by Gasteiger charge is 2.11. The van der Waals surface area contributed by atoms with E-state index < -0.39 is 4.92 Å². The van der Waals surface area contributed by atoms with Crippen molar-refractivity contribution >= 4 is 17.3 Å². The van der Waals surface area contributed by atoms with Crippen molar-refractivity contribution in [1.82, 2.24) is 9.97 Å². The fraction of sp³-hybridized carbons (Fsp3) is 0.231. The molecule has 2 aromatic rings. The second-order valence-corrected chi connectivity index (χ2v) is 4.47. The van der Waals surface area contributed by atoms with E-state index in [1.54, 1.807) is 6.20 Å². The largest absolute Gasteiger partial charge is 0.274 e. The zero-order valence-corrected chi connectivity index (χ0v) is 11.1. The minimum absolute atomic E-state index is 0.0554. The molecule has 0 atom stereocenters. The first-order valence-electron chi connectivity index (χ1n) is 5.83. The van der Waals surface area contributed by atoms with Gasteiger partial charge in [0.05, 0.1) is 16.7 Å². The van der Waals surface area contributed by atoms with Crippen molar-refractivity contribution in [2.75, 3.05) is 0 Å². The maximum Gasteiger partial charge on any atom is 0.274 e. The van der Waals surface area contributed by atoms with Crippen LogP contribution in [0.4, 0.5) is 5.69 Å². The van der Waals surface area contributed by atoms with E-state index >= 15 is 0 Å². The molecule has 0 radical (unpaired) electrons. The van der Waals surface area contributed by atoms with Crippen LogP contribution >= 0.6 is 11.6 Å². The topological polar surface area (TPSA) is 68.9 Å². The van der Waals surface area contributed by atoms with Gasteiger partial charge in [-0.25, -0.2) is 4.98 Å². The molecule has 0 aliphatic heterocycles. The van der Waals surface area contributed by atoms with Crippen LogP contribution in [0.5, 0.6) is 0 Å². The second-order valence-electron chi connectivity index (χ2n) is 4.08. The molecule has 2 heterocycles. The van der Waals surface area contributed by atoms with Crippen molar-refractivity contribution < 1.29 is 4.92 Å². The van der Waals surface area contributed by atoms with Crippen molar-refractivity contribution in [1.29, 1.82) is 0 Å². The van der Waals surface area contributed by atoms with Gasteiger partial charge in [-0.3, -0.25) is 15.1 Å². The number of aromatic nitrogens is 2. The maximum absolute atomic E-state index is 10.7. The number of rotatable bonds is 4. The number of hydrogen-bond donors (Lipinski definition) is 0. The zero-order valence-electron chi connectivity index (χ0n) is 10.3. The van der Waals surface area contributed by atoms with Crippen LogP contribution in [0.15, 0.2) is 30.5 Å². The first-order valence-corrected chi connectivity index (χ1v) is 6.21. The van der Waals surface area contributed by atoms with E-state index in [4.69, 9.17) is 11.6 Å². The van der Waals surface area contributed by atoms with Crippen LogP contribution in [0.2, 0.25) is 5.15 Å². The predicted molar refractivity (Wildman–Crippen MR) is 72.3 cm³/mol. The van der Waals surface area contributed by atoms with Gasteiger partial charge in [-0.2, -0.15) is 0 Å². The van der Waals surface area contributed by atoms with E-state index in [0.717, 1.165) is 17.7 Å². The summed E-state index contributed by atoms with van der Waals surface area (Å²) in [6.07, 6.45) is 3.15. The lowest BCUT2D eigenvalue weighted by molar-refractivity contribution is -0.385. The zero-order chi connectivity index (χ0) is 13.8. The number of nitro groups is 1. The molecule has 0 saturated heterocycles. The van der Waals surface area contributed by atoms with Crippen molar-refractivity contribution in [3.8, 4) is 0 Å². The summed E-state index contributed by atoms with van der Waals surface area (Å²) in [5, 5.41) is 10.9. The number of hydrogen-bond acceptors (Lipinski definition) is 4. The van der Waals surface area contributed by atoms with Gasteiger partial charge in [-0.15, -0.1) is 0 Å². The third-order valence-electron chi connectivity index (χ3n) is 2.70. The summed E-state index contributed by atoms with van der Waals surface area (Å²) in [5.74, 6) is 0. The van der Waals surface area contributed by atoms with E-state index in [1.807, 2.05) is 12.1 Å². The van der Waals surface area contributed by atoms with Crippen molar-refractivity contribution in [2.45, 2.75) is 19.8 Å². The molecule has 0 aliphatic rings. The fourth-order valence-corrected chi connectivity index (χ4v) is 1.91. The van der Waals surface area contributed by atoms with E-state index in [2.05, 4.69) is 16.9 Å². The van der Waals surface area contributed by atoms with E-state index in [9.17, 15) is 10.1 Å². The Morgan fingerprint density at radius 1 is 1.32 bits per heavy atom. The second kappa shape index (κ2) is 5.75. The lowest BCUT2D eigenvalue weighted by Gasteiger charge is -2.03. The Morgan fingerprint density at radius 3 is 2.68 bits per heavy atom. The van der Waals surface area contributed by atoms with Crippen molar-refractivity contribution in [3.05, 3.63) is 62.7 Å². The normalized spacial score (nSPS) is 10.4. The third kappa shape index (κ3) is 3.48. The Bertz CT molecular complexity index is 599. The molecule has 98 valence electrons. The van der Waals surface area contributed by atoms with Crippen LogP contribution < -0.4 is 0 Å². The molecule has 0 N–H and O–H groups in total. The van der Waals surface area contributed by atoms with Crippen LogP contribution in [-0.2, 0) is 12.8 Å². The molecule has 19 heavy (non-hydrogen) atoms. The fourth-order valence-electron chi connectivity index (χ4n) is 1.69. The van der Waals surface area contributed by atoms with Crippen LogP contribution in [0.3, 0.4) is 0 Å². The number of halogens is 1. The quantitative estimate of drug-likeness (QED) is 0.489. The molecule has 2 aromatic heterocycles. The monoisotopic (exact) mass is 277 g/mol. The molecule has 2 rings (SSSR count). The molecule has 0 amide bonds. The van der Waals surface area contributed by atoms with Gasteiger partial charge in [0.15, 0.2) is 0 Å². The number of nitrogens with zero attached hydrogens (tertiary/aromatic N) is 3. The van der Waals surface area contributed by atoms with Gasteiger partial charge in [-0.05, 0) is 18.1 Å². The highest BCUT2D eigenvalue weighted by molar-refractivity contribution is 6.29. The van der Waals surface area contributed by atoms with Gasteiger partial charge < -0.3 is 0 Å². The first kappa shape index (κ1) is 13.4. The summed E-state index contributed by atoms with van der Waals surface area (Å²) in [4.78, 5) is 18.6. The van der Waals surface area contributed by atoms with Crippen LogP contribution in [-0.4, -0.2) is 14.9 Å².